The van der Waals surface area contributed by atoms with Crippen molar-refractivity contribution in [2.24, 2.45) is 5.92 Å². The number of aliphatic hydroxyl groups excluding tert-OH is 1. The van der Waals surface area contributed by atoms with Crippen LogP contribution >= 0.6 is 0 Å². The van der Waals surface area contributed by atoms with Crippen LogP contribution in [-0.2, 0) is 4.79 Å². The Kier molecular flexibility index (Phi) is 3.57. The molecule has 3 rings (SSSR count). The highest BCUT2D eigenvalue weighted by atomic mass is 16.3. The molecule has 0 spiro atoms. The van der Waals surface area contributed by atoms with Crippen LogP contribution in [0.2, 0.25) is 0 Å². The molecule has 0 saturated carbocycles. The molecular weight excluding hydrogens is 228 g/mol. The number of carbonyl (C=O) groups excluding carboxylic acids is 1. The van der Waals surface area contributed by atoms with Crippen molar-refractivity contribution < 1.29 is 9.90 Å². The molecule has 0 aromatic carbocycles. The summed E-state index contributed by atoms with van der Waals surface area (Å²) in [7, 11) is 0. The number of hydrogen-bond acceptors (Lipinski definition) is 3. The van der Waals surface area contributed by atoms with E-state index < -0.39 is 0 Å². The molecule has 2 N–H and O–H groups in total. The van der Waals surface area contributed by atoms with E-state index in [9.17, 15) is 4.79 Å². The third-order valence-corrected chi connectivity index (χ3v) is 4.97. The molecule has 0 aromatic heterocycles. The smallest absolute Gasteiger partial charge is 0.227 e. The van der Waals surface area contributed by atoms with Gasteiger partial charge >= 0.3 is 0 Å². The number of likely N-dealkylation sites (tertiary alicyclic amines) is 1. The van der Waals surface area contributed by atoms with E-state index in [2.05, 4.69) is 10.2 Å². The molecule has 4 unspecified atom stereocenters. The first kappa shape index (κ1) is 12.4. The zero-order valence-electron chi connectivity index (χ0n) is 11.0. The van der Waals surface area contributed by atoms with Gasteiger partial charge in [-0.3, -0.25) is 4.79 Å². The molecule has 0 aromatic rings. The van der Waals surface area contributed by atoms with Crippen molar-refractivity contribution in [1.29, 1.82) is 0 Å². The molecule has 0 radical (unpaired) electrons. The fraction of sp³-hybridized carbons (Fsp3) is 0.929. The first-order chi connectivity index (χ1) is 8.79. The van der Waals surface area contributed by atoms with Crippen molar-refractivity contribution in [3.8, 4) is 0 Å². The Morgan fingerprint density at radius 3 is 2.89 bits per heavy atom. The van der Waals surface area contributed by atoms with Crippen LogP contribution in [0.1, 0.15) is 44.9 Å². The van der Waals surface area contributed by atoms with Crippen LogP contribution in [0.15, 0.2) is 0 Å². The van der Waals surface area contributed by atoms with Crippen LogP contribution in [0.3, 0.4) is 0 Å². The summed E-state index contributed by atoms with van der Waals surface area (Å²) in [4.78, 5) is 14.7. The van der Waals surface area contributed by atoms with E-state index in [-0.39, 0.29) is 12.5 Å². The standard InChI is InChI=1S/C14H24N2O2/c17-8-2-4-11-3-1-7-16(11)14(18)12-9-10-5-6-13(12)15-10/h10-13,15,17H,1-9H2. The van der Waals surface area contributed by atoms with E-state index in [1.807, 2.05) is 0 Å². The summed E-state index contributed by atoms with van der Waals surface area (Å²) in [6.07, 6.45) is 7.53. The van der Waals surface area contributed by atoms with Crippen molar-refractivity contribution in [3.05, 3.63) is 0 Å². The molecule has 102 valence electrons. The molecule has 18 heavy (non-hydrogen) atoms. The average Bonchev–Trinajstić information content (AvgIpc) is 3.10. The van der Waals surface area contributed by atoms with Gasteiger partial charge in [-0.2, -0.15) is 0 Å². The van der Waals surface area contributed by atoms with Crippen LogP contribution in [-0.4, -0.2) is 47.2 Å². The van der Waals surface area contributed by atoms with E-state index in [1.165, 1.54) is 12.8 Å². The van der Waals surface area contributed by atoms with Gasteiger partial charge in [0, 0.05) is 31.3 Å². The van der Waals surface area contributed by atoms with Gasteiger partial charge < -0.3 is 15.3 Å². The van der Waals surface area contributed by atoms with Crippen LogP contribution in [0, 0.1) is 5.92 Å². The van der Waals surface area contributed by atoms with Gasteiger partial charge in [0.2, 0.25) is 5.91 Å². The maximum absolute atomic E-state index is 12.6. The Morgan fingerprint density at radius 1 is 1.33 bits per heavy atom. The Bertz CT molecular complexity index is 321. The number of hydrogen-bond donors (Lipinski definition) is 2. The van der Waals surface area contributed by atoms with E-state index >= 15 is 0 Å². The molecule has 0 aliphatic carbocycles. The molecule has 4 atom stereocenters. The van der Waals surface area contributed by atoms with E-state index in [0.717, 1.165) is 38.6 Å². The Morgan fingerprint density at radius 2 is 2.22 bits per heavy atom. The van der Waals surface area contributed by atoms with Gasteiger partial charge in [-0.05, 0) is 44.9 Å². The lowest BCUT2D eigenvalue weighted by atomic mass is 9.88. The topological polar surface area (TPSA) is 52.6 Å². The lowest BCUT2D eigenvalue weighted by molar-refractivity contribution is -0.137. The summed E-state index contributed by atoms with van der Waals surface area (Å²) in [5, 5.41) is 12.5. The van der Waals surface area contributed by atoms with Gasteiger partial charge in [-0.15, -0.1) is 0 Å². The molecule has 1 amide bonds. The number of amides is 1. The second-order valence-electron chi connectivity index (χ2n) is 6.08. The predicted octanol–water partition coefficient (Wildman–Crippen LogP) is 0.890. The number of rotatable bonds is 4. The number of nitrogens with one attached hydrogen (secondary N) is 1. The number of fused-ring (bicyclic) bond motifs is 2. The van der Waals surface area contributed by atoms with E-state index in [0.29, 0.717) is 24.0 Å². The van der Waals surface area contributed by atoms with Gasteiger partial charge in [0.05, 0.1) is 5.92 Å². The Hall–Kier alpha value is -0.610. The molecule has 2 bridgehead atoms. The quantitative estimate of drug-likeness (QED) is 0.781. The van der Waals surface area contributed by atoms with E-state index in [4.69, 9.17) is 5.11 Å². The maximum Gasteiger partial charge on any atom is 0.227 e. The first-order valence-corrected chi connectivity index (χ1v) is 7.47. The number of nitrogens with zero attached hydrogens (tertiary/aromatic N) is 1. The molecule has 3 fully saturated rings. The summed E-state index contributed by atoms with van der Waals surface area (Å²) >= 11 is 0. The fourth-order valence-electron chi connectivity index (χ4n) is 4.06. The highest BCUT2D eigenvalue weighted by Gasteiger charge is 2.45. The minimum atomic E-state index is 0.235. The normalized spacial score (nSPS) is 38.6. The molecule has 4 nitrogen and oxygen atoms in total. The highest BCUT2D eigenvalue weighted by molar-refractivity contribution is 5.81. The Labute approximate surface area is 109 Å². The summed E-state index contributed by atoms with van der Waals surface area (Å²) in [6, 6.07) is 1.44. The summed E-state index contributed by atoms with van der Waals surface area (Å²) in [5.41, 5.74) is 0. The van der Waals surface area contributed by atoms with Crippen molar-refractivity contribution in [1.82, 2.24) is 10.2 Å². The predicted molar refractivity (Wildman–Crippen MR) is 69.1 cm³/mol. The summed E-state index contributed by atoms with van der Waals surface area (Å²) in [5.74, 6) is 0.619. The van der Waals surface area contributed by atoms with Gasteiger partial charge in [0.1, 0.15) is 0 Å². The molecule has 3 aliphatic rings. The second-order valence-corrected chi connectivity index (χ2v) is 6.08. The monoisotopic (exact) mass is 252 g/mol. The van der Waals surface area contributed by atoms with Crippen molar-refractivity contribution >= 4 is 5.91 Å². The SMILES string of the molecule is O=C(C1CC2CCC1N2)N1CCCC1CCCO. The maximum atomic E-state index is 12.6. The summed E-state index contributed by atoms with van der Waals surface area (Å²) < 4.78 is 0. The van der Waals surface area contributed by atoms with Crippen molar-refractivity contribution in [2.75, 3.05) is 13.2 Å². The molecule has 3 heterocycles. The Balaban J connectivity index is 1.61. The van der Waals surface area contributed by atoms with Crippen molar-refractivity contribution in [2.45, 2.75) is 63.1 Å². The molecule has 4 heteroatoms. The highest BCUT2D eigenvalue weighted by Crippen LogP contribution is 2.36. The van der Waals surface area contributed by atoms with Crippen molar-refractivity contribution in [3.63, 3.8) is 0 Å². The minimum absolute atomic E-state index is 0.235. The van der Waals surface area contributed by atoms with Crippen LogP contribution < -0.4 is 5.32 Å². The lowest BCUT2D eigenvalue weighted by Gasteiger charge is -2.30. The zero-order chi connectivity index (χ0) is 12.5. The fourth-order valence-corrected chi connectivity index (χ4v) is 4.06. The third-order valence-electron chi connectivity index (χ3n) is 4.97. The van der Waals surface area contributed by atoms with Crippen LogP contribution in [0.4, 0.5) is 0 Å². The van der Waals surface area contributed by atoms with Gasteiger partial charge in [0.25, 0.3) is 0 Å². The third kappa shape index (κ3) is 2.16. The number of carbonyl (C=O) groups is 1. The van der Waals surface area contributed by atoms with Crippen LogP contribution in [0.25, 0.3) is 0 Å². The minimum Gasteiger partial charge on any atom is -0.396 e. The van der Waals surface area contributed by atoms with Crippen LogP contribution in [0.5, 0.6) is 0 Å². The van der Waals surface area contributed by atoms with Gasteiger partial charge in [0.15, 0.2) is 0 Å². The largest absolute Gasteiger partial charge is 0.396 e. The molecular formula is C14H24N2O2. The molecule has 3 saturated heterocycles. The average molecular weight is 252 g/mol. The van der Waals surface area contributed by atoms with Gasteiger partial charge in [-0.25, -0.2) is 0 Å². The van der Waals surface area contributed by atoms with E-state index in [1.54, 1.807) is 0 Å². The zero-order valence-corrected chi connectivity index (χ0v) is 11.0. The second kappa shape index (κ2) is 5.17. The molecule has 3 aliphatic heterocycles. The van der Waals surface area contributed by atoms with Gasteiger partial charge in [-0.1, -0.05) is 0 Å². The first-order valence-electron chi connectivity index (χ1n) is 7.47. The number of aliphatic hydroxyl groups is 1. The lowest BCUT2D eigenvalue weighted by Crippen LogP contribution is -2.43. The summed E-state index contributed by atoms with van der Waals surface area (Å²) in [6.45, 7) is 1.18.